The normalized spacial score (nSPS) is 18.1. The molecular formula is C20H25N3O3. The van der Waals surface area contributed by atoms with Crippen molar-refractivity contribution in [3.05, 3.63) is 30.2 Å². The molecule has 2 fully saturated rings. The zero-order valence-electron chi connectivity index (χ0n) is 15.2. The molecule has 6 nitrogen and oxygen atoms in total. The van der Waals surface area contributed by atoms with E-state index in [1.54, 1.807) is 7.11 Å². The number of amides is 1. The van der Waals surface area contributed by atoms with Gasteiger partial charge in [-0.3, -0.25) is 4.79 Å². The molecule has 26 heavy (non-hydrogen) atoms. The van der Waals surface area contributed by atoms with Gasteiger partial charge in [0.05, 0.1) is 18.6 Å². The molecule has 1 aromatic heterocycles. The fourth-order valence-corrected chi connectivity index (χ4v) is 3.96. The molecule has 6 heteroatoms. The van der Waals surface area contributed by atoms with E-state index in [4.69, 9.17) is 9.26 Å². The van der Waals surface area contributed by atoms with Gasteiger partial charge in [-0.15, -0.1) is 0 Å². The number of para-hydroxylation sites is 1. The summed E-state index contributed by atoms with van der Waals surface area (Å²) >= 11 is 0. The number of hydrogen-bond donors (Lipinski definition) is 0. The topological polar surface area (TPSA) is 68.5 Å². The molecule has 0 radical (unpaired) electrons. The second-order valence-electron chi connectivity index (χ2n) is 7.34. The fraction of sp³-hybridized carbons (Fsp3) is 0.550. The van der Waals surface area contributed by atoms with Crippen LogP contribution < -0.4 is 4.74 Å². The van der Waals surface area contributed by atoms with E-state index in [1.165, 1.54) is 25.7 Å². The average molecular weight is 355 g/mol. The number of methoxy groups -OCH3 is 1. The number of ether oxygens (including phenoxy) is 1. The lowest BCUT2D eigenvalue weighted by Gasteiger charge is -2.37. The van der Waals surface area contributed by atoms with Gasteiger partial charge in [-0.05, 0) is 24.5 Å². The molecular weight excluding hydrogens is 330 g/mol. The number of likely N-dealkylation sites (tertiary alicyclic amines) is 1. The molecule has 1 aromatic carbocycles. The van der Waals surface area contributed by atoms with Crippen LogP contribution >= 0.6 is 0 Å². The van der Waals surface area contributed by atoms with Crippen molar-refractivity contribution in [2.75, 3.05) is 20.2 Å². The minimum Gasteiger partial charge on any atom is -0.496 e. The van der Waals surface area contributed by atoms with Gasteiger partial charge in [0.2, 0.25) is 17.6 Å². The maximum absolute atomic E-state index is 12.3. The van der Waals surface area contributed by atoms with Crippen LogP contribution in [0.3, 0.4) is 0 Å². The van der Waals surface area contributed by atoms with Crippen molar-refractivity contribution in [3.8, 4) is 17.1 Å². The van der Waals surface area contributed by atoms with E-state index in [0.717, 1.165) is 23.7 Å². The number of hydrogen-bond acceptors (Lipinski definition) is 5. The SMILES string of the molecule is COc1ccccc1-c1noc(C2CN(C(=O)CCC3CCCC3)C2)n1. The van der Waals surface area contributed by atoms with Crippen molar-refractivity contribution in [1.29, 1.82) is 0 Å². The number of nitrogens with zero attached hydrogens (tertiary/aromatic N) is 3. The minimum absolute atomic E-state index is 0.140. The van der Waals surface area contributed by atoms with Gasteiger partial charge >= 0.3 is 0 Å². The zero-order chi connectivity index (χ0) is 17.9. The Morgan fingerprint density at radius 2 is 2.04 bits per heavy atom. The Bertz CT molecular complexity index is 761. The van der Waals surface area contributed by atoms with E-state index in [2.05, 4.69) is 10.1 Å². The first kappa shape index (κ1) is 17.1. The monoisotopic (exact) mass is 355 g/mol. The predicted octanol–water partition coefficient (Wildman–Crippen LogP) is 3.64. The van der Waals surface area contributed by atoms with E-state index < -0.39 is 0 Å². The van der Waals surface area contributed by atoms with Gasteiger partial charge < -0.3 is 14.2 Å². The summed E-state index contributed by atoms with van der Waals surface area (Å²) in [5, 5.41) is 4.09. The van der Waals surface area contributed by atoms with Crippen molar-refractivity contribution in [2.24, 2.45) is 5.92 Å². The van der Waals surface area contributed by atoms with Crippen molar-refractivity contribution in [1.82, 2.24) is 15.0 Å². The van der Waals surface area contributed by atoms with Crippen LogP contribution in [0.5, 0.6) is 5.75 Å². The molecule has 0 spiro atoms. The van der Waals surface area contributed by atoms with Gasteiger partial charge in [0.25, 0.3) is 0 Å². The fourth-order valence-electron chi connectivity index (χ4n) is 3.96. The standard InChI is InChI=1S/C20H25N3O3/c1-25-17-9-5-4-8-16(17)19-21-20(26-22-19)15-12-23(13-15)18(24)11-10-14-6-2-3-7-14/h4-5,8-9,14-15H,2-3,6-7,10-13H2,1H3. The van der Waals surface area contributed by atoms with E-state index >= 15 is 0 Å². The molecule has 1 amide bonds. The van der Waals surface area contributed by atoms with Gasteiger partial charge in [-0.1, -0.05) is 43.0 Å². The molecule has 0 N–H and O–H groups in total. The van der Waals surface area contributed by atoms with Crippen LogP contribution in [0.2, 0.25) is 0 Å². The maximum Gasteiger partial charge on any atom is 0.233 e. The Balaban J connectivity index is 1.32. The van der Waals surface area contributed by atoms with Crippen LogP contribution in [0.1, 0.15) is 50.3 Å². The number of aromatic nitrogens is 2. The molecule has 0 bridgehead atoms. The molecule has 4 rings (SSSR count). The molecule has 1 saturated carbocycles. The van der Waals surface area contributed by atoms with E-state index in [9.17, 15) is 4.79 Å². The predicted molar refractivity (Wildman–Crippen MR) is 96.8 cm³/mol. The Morgan fingerprint density at radius 1 is 1.27 bits per heavy atom. The number of rotatable bonds is 6. The number of benzene rings is 1. The Morgan fingerprint density at radius 3 is 2.81 bits per heavy atom. The molecule has 138 valence electrons. The average Bonchev–Trinajstić information content (AvgIpc) is 3.31. The summed E-state index contributed by atoms with van der Waals surface area (Å²) in [5.41, 5.74) is 0.814. The van der Waals surface area contributed by atoms with Gasteiger partial charge in [-0.25, -0.2) is 0 Å². The first-order chi connectivity index (χ1) is 12.7. The number of carbonyl (C=O) groups excluding carboxylic acids is 1. The van der Waals surface area contributed by atoms with Gasteiger partial charge in [0, 0.05) is 19.5 Å². The maximum atomic E-state index is 12.3. The first-order valence-corrected chi connectivity index (χ1v) is 9.49. The van der Waals surface area contributed by atoms with Crippen LogP contribution in [0.25, 0.3) is 11.4 Å². The molecule has 2 aromatic rings. The molecule has 2 heterocycles. The quantitative estimate of drug-likeness (QED) is 0.791. The van der Waals surface area contributed by atoms with Crippen LogP contribution in [0, 0.1) is 5.92 Å². The largest absolute Gasteiger partial charge is 0.496 e. The molecule has 1 aliphatic carbocycles. The lowest BCUT2D eigenvalue weighted by Crippen LogP contribution is -2.48. The van der Waals surface area contributed by atoms with Crippen molar-refractivity contribution >= 4 is 5.91 Å². The Hall–Kier alpha value is -2.37. The molecule has 1 aliphatic heterocycles. The molecule has 2 aliphatic rings. The third-order valence-corrected chi connectivity index (χ3v) is 5.61. The van der Waals surface area contributed by atoms with Crippen molar-refractivity contribution < 1.29 is 14.1 Å². The van der Waals surface area contributed by atoms with Crippen LogP contribution in [0.15, 0.2) is 28.8 Å². The first-order valence-electron chi connectivity index (χ1n) is 9.49. The van der Waals surface area contributed by atoms with E-state index in [-0.39, 0.29) is 11.8 Å². The highest BCUT2D eigenvalue weighted by molar-refractivity contribution is 5.77. The van der Waals surface area contributed by atoms with E-state index in [0.29, 0.717) is 31.2 Å². The van der Waals surface area contributed by atoms with E-state index in [1.807, 2.05) is 29.2 Å². The summed E-state index contributed by atoms with van der Waals surface area (Å²) in [4.78, 5) is 18.7. The third-order valence-electron chi connectivity index (χ3n) is 5.61. The van der Waals surface area contributed by atoms with Gasteiger partial charge in [-0.2, -0.15) is 4.98 Å². The lowest BCUT2D eigenvalue weighted by molar-refractivity contribution is -0.136. The highest BCUT2D eigenvalue weighted by Gasteiger charge is 2.35. The number of carbonyl (C=O) groups is 1. The smallest absolute Gasteiger partial charge is 0.233 e. The second kappa shape index (κ2) is 7.48. The van der Waals surface area contributed by atoms with Crippen molar-refractivity contribution in [3.63, 3.8) is 0 Å². The minimum atomic E-state index is 0.140. The molecule has 0 unspecified atom stereocenters. The van der Waals surface area contributed by atoms with Crippen LogP contribution in [-0.4, -0.2) is 41.1 Å². The summed E-state index contributed by atoms with van der Waals surface area (Å²) in [6.07, 6.45) is 6.96. The molecule has 0 atom stereocenters. The summed E-state index contributed by atoms with van der Waals surface area (Å²) in [6.45, 7) is 1.36. The molecule has 1 saturated heterocycles. The van der Waals surface area contributed by atoms with Gasteiger partial charge in [0.1, 0.15) is 5.75 Å². The zero-order valence-corrected chi connectivity index (χ0v) is 15.2. The second-order valence-corrected chi connectivity index (χ2v) is 7.34. The highest BCUT2D eigenvalue weighted by Crippen LogP contribution is 2.32. The Kier molecular flexibility index (Phi) is 4.91. The third kappa shape index (κ3) is 3.45. The summed E-state index contributed by atoms with van der Waals surface area (Å²) in [5.74, 6) is 3.01. The van der Waals surface area contributed by atoms with Crippen molar-refractivity contribution in [2.45, 2.75) is 44.4 Å². The highest BCUT2D eigenvalue weighted by atomic mass is 16.5. The summed E-state index contributed by atoms with van der Waals surface area (Å²) < 4.78 is 10.8. The Labute approximate surface area is 153 Å². The summed E-state index contributed by atoms with van der Waals surface area (Å²) in [6, 6.07) is 7.61. The van der Waals surface area contributed by atoms with Crippen LogP contribution in [-0.2, 0) is 4.79 Å². The van der Waals surface area contributed by atoms with Gasteiger partial charge in [0.15, 0.2) is 0 Å². The van der Waals surface area contributed by atoms with Crippen LogP contribution in [0.4, 0.5) is 0 Å². The lowest BCUT2D eigenvalue weighted by atomic mass is 9.97. The summed E-state index contributed by atoms with van der Waals surface area (Å²) in [7, 11) is 1.63.